The predicted molar refractivity (Wildman–Crippen MR) is 117 cm³/mol. The summed E-state index contributed by atoms with van der Waals surface area (Å²) in [5.41, 5.74) is 4.01. The van der Waals surface area contributed by atoms with Crippen LogP contribution in [0.3, 0.4) is 0 Å². The number of cyclic esters (lactones) is 1. The molecule has 2 aliphatic rings. The van der Waals surface area contributed by atoms with Gasteiger partial charge in [-0.2, -0.15) is 0 Å². The van der Waals surface area contributed by atoms with Crippen molar-refractivity contribution in [1.29, 1.82) is 0 Å². The van der Waals surface area contributed by atoms with E-state index in [9.17, 15) is 14.4 Å². The quantitative estimate of drug-likeness (QED) is 0.695. The van der Waals surface area contributed by atoms with Gasteiger partial charge in [-0.1, -0.05) is 48.9 Å². The number of nitrogens with one attached hydrogen (secondary N) is 2. The van der Waals surface area contributed by atoms with E-state index in [4.69, 9.17) is 16.3 Å². The van der Waals surface area contributed by atoms with Gasteiger partial charge in [0.05, 0.1) is 17.3 Å². The van der Waals surface area contributed by atoms with Crippen molar-refractivity contribution >= 4 is 35.2 Å². The first-order valence-electron chi connectivity index (χ1n) is 10.0. The van der Waals surface area contributed by atoms with Gasteiger partial charge in [0, 0.05) is 10.7 Å². The Hall–Kier alpha value is -3.32. The van der Waals surface area contributed by atoms with Crippen molar-refractivity contribution in [3.05, 3.63) is 75.4 Å². The molecular formula is C23H22ClN3O4. The number of rotatable bonds is 5. The molecule has 0 fully saturated rings. The lowest BCUT2D eigenvalue weighted by Crippen LogP contribution is -2.49. The van der Waals surface area contributed by atoms with E-state index in [1.54, 1.807) is 25.1 Å². The number of esters is 1. The highest BCUT2D eigenvalue weighted by Gasteiger charge is 2.42. The first-order chi connectivity index (χ1) is 14.9. The molecule has 2 aromatic carbocycles. The Balaban J connectivity index is 1.59. The first kappa shape index (κ1) is 20.9. The van der Waals surface area contributed by atoms with Gasteiger partial charge in [0.25, 0.3) is 0 Å². The van der Waals surface area contributed by atoms with Gasteiger partial charge in [-0.15, -0.1) is 0 Å². The number of nitrogens with zero attached hydrogens (tertiary/aromatic N) is 1. The Morgan fingerprint density at radius 3 is 2.68 bits per heavy atom. The largest absolute Gasteiger partial charge is 0.456 e. The lowest BCUT2D eigenvalue weighted by atomic mass is 9.94. The van der Waals surface area contributed by atoms with E-state index in [1.807, 2.05) is 24.3 Å². The van der Waals surface area contributed by atoms with Crippen LogP contribution in [0.4, 0.5) is 10.5 Å². The van der Waals surface area contributed by atoms with Crippen LogP contribution in [-0.4, -0.2) is 36.0 Å². The average molecular weight is 440 g/mol. The molecule has 2 aromatic rings. The predicted octanol–water partition coefficient (Wildman–Crippen LogP) is 3.73. The number of halogens is 1. The summed E-state index contributed by atoms with van der Waals surface area (Å²) in [4.78, 5) is 39.2. The van der Waals surface area contributed by atoms with Crippen molar-refractivity contribution in [1.82, 2.24) is 10.2 Å². The topological polar surface area (TPSA) is 87.7 Å². The monoisotopic (exact) mass is 439 g/mol. The molecule has 0 aliphatic carbocycles. The van der Waals surface area contributed by atoms with Crippen LogP contribution in [0.15, 0.2) is 53.7 Å². The second-order valence-corrected chi connectivity index (χ2v) is 7.87. The zero-order valence-corrected chi connectivity index (χ0v) is 18.0. The SMILES string of the molecule is CCc1ccc(C2NC(=O)N(CC(=O)Nc3cccc(Cl)c3C)C3=C2C(=O)OC3)cc1. The Bertz CT molecular complexity index is 1090. The maximum atomic E-state index is 12.9. The van der Waals surface area contributed by atoms with Crippen LogP contribution in [0.5, 0.6) is 0 Å². The van der Waals surface area contributed by atoms with Gasteiger partial charge in [-0.05, 0) is 42.2 Å². The highest BCUT2D eigenvalue weighted by Crippen LogP contribution is 2.35. The van der Waals surface area contributed by atoms with Crippen LogP contribution in [-0.2, 0) is 20.7 Å². The minimum absolute atomic E-state index is 0.0470. The molecule has 1 atom stereocenters. The Labute approximate surface area is 185 Å². The number of hydrogen-bond donors (Lipinski definition) is 2. The number of amides is 3. The van der Waals surface area contributed by atoms with Gasteiger partial charge in [-0.25, -0.2) is 9.59 Å². The van der Waals surface area contributed by atoms with E-state index in [1.165, 1.54) is 4.90 Å². The standard InChI is InChI=1S/C23H22ClN3O4/c1-3-14-7-9-15(10-8-14)21-20-18(12-31-22(20)29)27(23(30)26-21)11-19(28)25-17-6-4-5-16(24)13(17)2/h4-10,21H,3,11-12H2,1-2H3,(H,25,28)(H,26,30). The molecule has 0 bridgehead atoms. The lowest BCUT2D eigenvalue weighted by molar-refractivity contribution is -0.136. The van der Waals surface area contributed by atoms with Crippen LogP contribution in [0, 0.1) is 6.92 Å². The molecule has 0 radical (unpaired) electrons. The van der Waals surface area contributed by atoms with Gasteiger partial charge in [0.2, 0.25) is 5.91 Å². The zero-order chi connectivity index (χ0) is 22.1. The third kappa shape index (κ3) is 4.01. The zero-order valence-electron chi connectivity index (χ0n) is 17.2. The molecule has 0 saturated heterocycles. The molecule has 31 heavy (non-hydrogen) atoms. The highest BCUT2D eigenvalue weighted by atomic mass is 35.5. The average Bonchev–Trinajstić information content (AvgIpc) is 3.15. The molecule has 2 aliphatic heterocycles. The summed E-state index contributed by atoms with van der Waals surface area (Å²) in [5, 5.41) is 6.14. The van der Waals surface area contributed by atoms with E-state index in [2.05, 4.69) is 17.6 Å². The molecular weight excluding hydrogens is 418 g/mol. The van der Waals surface area contributed by atoms with Crippen molar-refractivity contribution in [3.63, 3.8) is 0 Å². The summed E-state index contributed by atoms with van der Waals surface area (Å²) in [6, 6.07) is 11.8. The third-order valence-corrected chi connectivity index (χ3v) is 5.97. The molecule has 160 valence electrons. The molecule has 0 aromatic heterocycles. The van der Waals surface area contributed by atoms with E-state index in [-0.39, 0.29) is 13.2 Å². The summed E-state index contributed by atoms with van der Waals surface area (Å²) >= 11 is 6.11. The molecule has 0 spiro atoms. The Morgan fingerprint density at radius 2 is 1.97 bits per heavy atom. The fourth-order valence-corrected chi connectivity index (χ4v) is 3.92. The molecule has 8 heteroatoms. The summed E-state index contributed by atoms with van der Waals surface area (Å²) in [5.74, 6) is -0.895. The van der Waals surface area contributed by atoms with Gasteiger partial charge < -0.3 is 15.4 Å². The van der Waals surface area contributed by atoms with Crippen molar-refractivity contribution in [2.45, 2.75) is 26.3 Å². The molecule has 2 heterocycles. The number of anilines is 1. The van der Waals surface area contributed by atoms with E-state index >= 15 is 0 Å². The molecule has 1 unspecified atom stereocenters. The minimum atomic E-state index is -0.613. The molecule has 4 rings (SSSR count). The third-order valence-electron chi connectivity index (χ3n) is 5.56. The molecule has 7 nitrogen and oxygen atoms in total. The lowest BCUT2D eigenvalue weighted by Gasteiger charge is -2.32. The second-order valence-electron chi connectivity index (χ2n) is 7.46. The van der Waals surface area contributed by atoms with Crippen LogP contribution >= 0.6 is 11.6 Å². The number of benzene rings is 2. The second kappa shape index (κ2) is 8.43. The molecule has 3 amide bonds. The van der Waals surface area contributed by atoms with Crippen LogP contribution in [0.2, 0.25) is 5.02 Å². The van der Waals surface area contributed by atoms with Crippen molar-refractivity contribution < 1.29 is 19.1 Å². The fraction of sp³-hybridized carbons (Fsp3) is 0.261. The van der Waals surface area contributed by atoms with Gasteiger partial charge in [0.15, 0.2) is 0 Å². The molecule has 2 N–H and O–H groups in total. The highest BCUT2D eigenvalue weighted by molar-refractivity contribution is 6.31. The number of ether oxygens (including phenoxy) is 1. The maximum absolute atomic E-state index is 12.9. The smallest absolute Gasteiger partial charge is 0.338 e. The van der Waals surface area contributed by atoms with Crippen LogP contribution in [0.1, 0.15) is 29.7 Å². The number of urea groups is 1. The van der Waals surface area contributed by atoms with Gasteiger partial charge in [-0.3, -0.25) is 9.69 Å². The fourth-order valence-electron chi connectivity index (χ4n) is 3.75. The van der Waals surface area contributed by atoms with Crippen LogP contribution in [0.25, 0.3) is 0 Å². The summed E-state index contributed by atoms with van der Waals surface area (Å²) in [6.07, 6.45) is 0.891. The van der Waals surface area contributed by atoms with E-state index < -0.39 is 23.9 Å². The number of carbonyl (C=O) groups is 3. The Morgan fingerprint density at radius 1 is 1.23 bits per heavy atom. The summed E-state index contributed by atoms with van der Waals surface area (Å²) < 4.78 is 5.21. The van der Waals surface area contributed by atoms with Crippen molar-refractivity contribution in [2.24, 2.45) is 0 Å². The van der Waals surface area contributed by atoms with Gasteiger partial charge >= 0.3 is 12.0 Å². The Kier molecular flexibility index (Phi) is 5.69. The maximum Gasteiger partial charge on any atom is 0.338 e. The number of carbonyl (C=O) groups excluding carboxylic acids is 3. The number of hydrogen-bond acceptors (Lipinski definition) is 4. The molecule has 0 saturated carbocycles. The van der Waals surface area contributed by atoms with Gasteiger partial charge in [0.1, 0.15) is 13.2 Å². The first-order valence-corrected chi connectivity index (χ1v) is 10.4. The number of aryl methyl sites for hydroxylation is 1. The summed E-state index contributed by atoms with van der Waals surface area (Å²) in [6.45, 7) is 3.55. The normalized spacial score (nSPS) is 17.9. The van der Waals surface area contributed by atoms with E-state index in [0.29, 0.717) is 22.0 Å². The van der Waals surface area contributed by atoms with Crippen molar-refractivity contribution in [2.75, 3.05) is 18.5 Å². The van der Waals surface area contributed by atoms with Crippen molar-refractivity contribution in [3.8, 4) is 0 Å². The summed E-state index contributed by atoms with van der Waals surface area (Å²) in [7, 11) is 0. The van der Waals surface area contributed by atoms with Crippen LogP contribution < -0.4 is 10.6 Å². The van der Waals surface area contributed by atoms with E-state index in [0.717, 1.165) is 23.1 Å². The minimum Gasteiger partial charge on any atom is -0.456 e.